The molecule has 7 atom stereocenters. The number of ketones is 1. The molecule has 2 saturated carbocycles. The van der Waals surface area contributed by atoms with Gasteiger partial charge in [0.25, 0.3) is 0 Å². The van der Waals surface area contributed by atoms with Gasteiger partial charge >= 0.3 is 5.97 Å². The summed E-state index contributed by atoms with van der Waals surface area (Å²) < 4.78 is 11.1. The van der Waals surface area contributed by atoms with Gasteiger partial charge in [-0.3, -0.25) is 4.79 Å². The van der Waals surface area contributed by atoms with Gasteiger partial charge in [-0.1, -0.05) is 40.7 Å². The van der Waals surface area contributed by atoms with Crippen molar-refractivity contribution in [2.45, 2.75) is 66.1 Å². The monoisotopic (exact) mass is 424 g/mol. The fraction of sp³-hybridized carbons (Fsp3) is 0.615. The molecule has 5 heteroatoms. The second-order valence-corrected chi connectivity index (χ2v) is 11.3. The maximum absolute atomic E-state index is 12.7. The maximum Gasteiger partial charge on any atom is 0.331 e. The first-order valence-corrected chi connectivity index (χ1v) is 11.3. The third kappa shape index (κ3) is 2.47. The highest BCUT2D eigenvalue weighted by atomic mass is 16.5. The quantitative estimate of drug-likeness (QED) is 0.657. The number of rotatable bonds is 1. The van der Waals surface area contributed by atoms with Gasteiger partial charge in [0, 0.05) is 27.9 Å². The first-order chi connectivity index (χ1) is 14.5. The number of aliphatic hydroxyl groups is 1. The van der Waals surface area contributed by atoms with Crippen molar-refractivity contribution in [3.8, 4) is 0 Å². The summed E-state index contributed by atoms with van der Waals surface area (Å²) in [5.41, 5.74) is 0.0691. The lowest BCUT2D eigenvalue weighted by atomic mass is 9.38. The van der Waals surface area contributed by atoms with E-state index in [1.807, 2.05) is 19.9 Å². The average molecular weight is 425 g/mol. The predicted octanol–water partition coefficient (Wildman–Crippen LogP) is 4.78. The number of allylic oxidation sites excluding steroid dienone is 2. The number of furan rings is 1. The Bertz CT molecular complexity index is 1000. The molecule has 1 N–H and O–H groups in total. The summed E-state index contributed by atoms with van der Waals surface area (Å²) in [6.07, 6.45) is 9.90. The summed E-state index contributed by atoms with van der Waals surface area (Å²) >= 11 is 0. The van der Waals surface area contributed by atoms with Gasteiger partial charge in [-0.2, -0.15) is 0 Å². The second kappa shape index (κ2) is 6.22. The van der Waals surface area contributed by atoms with Crippen LogP contribution in [0, 0.1) is 33.5 Å². The Hall–Kier alpha value is -2.14. The van der Waals surface area contributed by atoms with Crippen molar-refractivity contribution < 1.29 is 23.8 Å². The number of esters is 1. The van der Waals surface area contributed by atoms with E-state index in [-0.39, 0.29) is 29.0 Å². The van der Waals surface area contributed by atoms with E-state index in [4.69, 9.17) is 9.15 Å². The van der Waals surface area contributed by atoms with Gasteiger partial charge in [0.15, 0.2) is 5.78 Å². The van der Waals surface area contributed by atoms with Crippen molar-refractivity contribution in [2.75, 3.05) is 0 Å². The van der Waals surface area contributed by atoms with Crippen LogP contribution in [0.2, 0.25) is 0 Å². The highest BCUT2D eigenvalue weighted by Gasteiger charge is 2.67. The summed E-state index contributed by atoms with van der Waals surface area (Å²) in [6.45, 7) is 10.5. The first-order valence-electron chi connectivity index (χ1n) is 11.3. The van der Waals surface area contributed by atoms with Crippen LogP contribution in [0.4, 0.5) is 0 Å². The molecular formula is C26H32O5. The Balaban J connectivity index is 1.66. The van der Waals surface area contributed by atoms with Crippen LogP contribution < -0.4 is 0 Å². The summed E-state index contributed by atoms with van der Waals surface area (Å²) in [6, 6.07) is 1.85. The van der Waals surface area contributed by atoms with Gasteiger partial charge in [-0.05, 0) is 54.2 Å². The molecule has 166 valence electrons. The largest absolute Gasteiger partial charge is 0.472 e. The van der Waals surface area contributed by atoms with Gasteiger partial charge in [-0.25, -0.2) is 4.79 Å². The van der Waals surface area contributed by atoms with E-state index < -0.39 is 28.5 Å². The second-order valence-electron chi connectivity index (χ2n) is 11.3. The molecule has 4 aliphatic rings. The van der Waals surface area contributed by atoms with Crippen molar-refractivity contribution in [1.29, 1.82) is 0 Å². The van der Waals surface area contributed by atoms with Crippen LogP contribution in [-0.4, -0.2) is 23.0 Å². The minimum atomic E-state index is -0.643. The molecule has 5 nitrogen and oxygen atoms in total. The Morgan fingerprint density at radius 3 is 2.52 bits per heavy atom. The third-order valence-electron chi connectivity index (χ3n) is 9.55. The van der Waals surface area contributed by atoms with Gasteiger partial charge in [0.1, 0.15) is 6.10 Å². The SMILES string of the molecule is CC1(C)C(=O)C=C[C@]2(C)[C@H]3CC[C@]4(C)C(=CC(=O)O[C@H]4c4ccoc4)[C@]3(C)[C@H](O)C[C@@H]12. The zero-order valence-electron chi connectivity index (χ0n) is 19.0. The van der Waals surface area contributed by atoms with Crippen LogP contribution in [0.3, 0.4) is 0 Å². The topological polar surface area (TPSA) is 76.7 Å². The number of hydrogen-bond acceptors (Lipinski definition) is 5. The van der Waals surface area contributed by atoms with E-state index in [0.717, 1.165) is 24.0 Å². The fourth-order valence-electron chi connectivity index (χ4n) is 7.81. The van der Waals surface area contributed by atoms with E-state index in [1.165, 1.54) is 0 Å². The number of hydrogen-bond donors (Lipinski definition) is 1. The zero-order valence-corrected chi connectivity index (χ0v) is 19.0. The molecule has 0 saturated heterocycles. The maximum atomic E-state index is 12.7. The normalized spacial score (nSPS) is 45.8. The molecule has 1 aromatic rings. The molecule has 1 aromatic heterocycles. The molecule has 1 aliphatic heterocycles. The number of fused-ring (bicyclic) bond motifs is 5. The lowest BCUT2D eigenvalue weighted by Crippen LogP contribution is -2.64. The van der Waals surface area contributed by atoms with Crippen LogP contribution in [0.5, 0.6) is 0 Å². The van der Waals surface area contributed by atoms with Gasteiger partial charge in [0.2, 0.25) is 0 Å². The lowest BCUT2D eigenvalue weighted by molar-refractivity contribution is -0.180. The Morgan fingerprint density at radius 1 is 1.10 bits per heavy atom. The van der Waals surface area contributed by atoms with Crippen LogP contribution in [0.15, 0.2) is 46.8 Å². The van der Waals surface area contributed by atoms with E-state index in [0.29, 0.717) is 6.42 Å². The highest BCUT2D eigenvalue weighted by Crippen LogP contribution is 2.71. The lowest BCUT2D eigenvalue weighted by Gasteiger charge is -2.67. The molecule has 0 radical (unpaired) electrons. The number of carbonyl (C=O) groups excluding carboxylic acids is 2. The van der Waals surface area contributed by atoms with Gasteiger partial charge in [-0.15, -0.1) is 0 Å². The molecular weight excluding hydrogens is 392 g/mol. The van der Waals surface area contributed by atoms with E-state index in [1.54, 1.807) is 24.7 Å². The molecule has 0 amide bonds. The number of cyclic esters (lactones) is 1. The van der Waals surface area contributed by atoms with Gasteiger partial charge in [0.05, 0.1) is 18.6 Å². The van der Waals surface area contributed by atoms with Crippen molar-refractivity contribution in [3.05, 3.63) is 48.0 Å². The van der Waals surface area contributed by atoms with Crippen molar-refractivity contribution in [3.63, 3.8) is 0 Å². The highest BCUT2D eigenvalue weighted by molar-refractivity contribution is 5.95. The van der Waals surface area contributed by atoms with Crippen molar-refractivity contribution in [2.24, 2.45) is 33.5 Å². The molecule has 31 heavy (non-hydrogen) atoms. The molecule has 0 unspecified atom stereocenters. The Labute approximate surface area is 183 Å². The molecule has 0 spiro atoms. The van der Waals surface area contributed by atoms with Crippen LogP contribution in [-0.2, 0) is 14.3 Å². The summed E-state index contributed by atoms with van der Waals surface area (Å²) in [7, 11) is 0. The Morgan fingerprint density at radius 2 is 1.84 bits per heavy atom. The van der Waals surface area contributed by atoms with E-state index >= 15 is 0 Å². The van der Waals surface area contributed by atoms with E-state index in [2.05, 4.69) is 26.8 Å². The van der Waals surface area contributed by atoms with E-state index in [9.17, 15) is 14.7 Å². The smallest absolute Gasteiger partial charge is 0.331 e. The number of carbonyl (C=O) groups is 2. The van der Waals surface area contributed by atoms with Gasteiger partial charge < -0.3 is 14.3 Å². The van der Waals surface area contributed by atoms with Crippen LogP contribution >= 0.6 is 0 Å². The standard InChI is InChI=1S/C26H32O5/c1-23(2)17-12-20(28)26(5)16(24(17,3)10-7-19(23)27)6-9-25(4)18(26)13-21(29)31-22(25)15-8-11-30-14-15/h7-8,10-11,13-14,16-17,20,22,28H,6,9,12H2,1-5H3/t16-,17+,20-,22+,24-,25-,26-/m1/s1. The molecule has 0 bridgehead atoms. The van der Waals surface area contributed by atoms with Crippen molar-refractivity contribution in [1.82, 2.24) is 0 Å². The molecule has 5 rings (SSSR count). The molecule has 0 aromatic carbocycles. The third-order valence-corrected chi connectivity index (χ3v) is 9.55. The average Bonchev–Trinajstić information content (AvgIpc) is 3.23. The minimum Gasteiger partial charge on any atom is -0.472 e. The van der Waals surface area contributed by atoms with Crippen molar-refractivity contribution >= 4 is 11.8 Å². The number of aliphatic hydroxyl groups excluding tert-OH is 1. The Kier molecular flexibility index (Phi) is 4.16. The molecule has 3 aliphatic carbocycles. The zero-order chi connectivity index (χ0) is 22.4. The van der Waals surface area contributed by atoms with Crippen LogP contribution in [0.1, 0.15) is 65.5 Å². The number of ether oxygens (including phenoxy) is 1. The minimum absolute atomic E-state index is 0.0516. The molecule has 2 fully saturated rings. The summed E-state index contributed by atoms with van der Waals surface area (Å²) in [5, 5.41) is 11.6. The fourth-order valence-corrected chi connectivity index (χ4v) is 7.81. The molecule has 2 heterocycles. The van der Waals surface area contributed by atoms with Crippen LogP contribution in [0.25, 0.3) is 0 Å². The predicted molar refractivity (Wildman–Crippen MR) is 115 cm³/mol. The first kappa shape index (κ1) is 20.7. The summed E-state index contributed by atoms with van der Waals surface area (Å²) in [5.74, 6) is -0.0648. The summed E-state index contributed by atoms with van der Waals surface area (Å²) in [4.78, 5) is 25.4.